The minimum atomic E-state index is -0.460. The third kappa shape index (κ3) is 7.38. The molecule has 0 saturated carbocycles. The molecule has 0 aromatic heterocycles. The van der Waals surface area contributed by atoms with Gasteiger partial charge < -0.3 is 19.5 Å². The summed E-state index contributed by atoms with van der Waals surface area (Å²) < 4.78 is 15.5. The Morgan fingerprint density at radius 3 is 2.36 bits per heavy atom. The summed E-state index contributed by atoms with van der Waals surface area (Å²) in [6.45, 7) is 0.0147. The summed E-state index contributed by atoms with van der Waals surface area (Å²) in [7, 11) is 1.59. The van der Waals surface area contributed by atoms with Crippen LogP contribution in [0.5, 0.6) is 11.5 Å². The van der Waals surface area contributed by atoms with Crippen molar-refractivity contribution in [2.75, 3.05) is 25.6 Å². The fourth-order valence-corrected chi connectivity index (χ4v) is 2.29. The molecule has 0 fully saturated rings. The van der Waals surface area contributed by atoms with E-state index in [-0.39, 0.29) is 13.0 Å². The van der Waals surface area contributed by atoms with E-state index < -0.39 is 11.9 Å². The van der Waals surface area contributed by atoms with Crippen LogP contribution in [0.1, 0.15) is 18.4 Å². The van der Waals surface area contributed by atoms with E-state index in [4.69, 9.17) is 19.5 Å². The van der Waals surface area contributed by atoms with Crippen LogP contribution < -0.4 is 14.8 Å². The first-order chi connectivity index (χ1) is 13.6. The molecule has 0 saturated heterocycles. The van der Waals surface area contributed by atoms with Crippen LogP contribution in [-0.4, -0.2) is 32.2 Å². The van der Waals surface area contributed by atoms with Crippen LogP contribution in [0.25, 0.3) is 0 Å². The van der Waals surface area contributed by atoms with Gasteiger partial charge in [0, 0.05) is 12.1 Å². The number of rotatable bonds is 10. The summed E-state index contributed by atoms with van der Waals surface area (Å²) in [4.78, 5) is 23.5. The maximum atomic E-state index is 11.8. The number of amides is 1. The number of carbonyl (C=O) groups excluding carboxylic acids is 2. The van der Waals surface area contributed by atoms with E-state index in [2.05, 4.69) is 11.4 Å². The molecule has 0 radical (unpaired) electrons. The molecule has 28 heavy (non-hydrogen) atoms. The molecule has 2 aromatic rings. The number of hydrogen-bond donors (Lipinski definition) is 1. The topological polar surface area (TPSA) is 97.7 Å². The molecule has 0 aliphatic rings. The van der Waals surface area contributed by atoms with Gasteiger partial charge in [0.05, 0.1) is 26.2 Å². The normalized spacial score (nSPS) is 9.86. The summed E-state index contributed by atoms with van der Waals surface area (Å²) in [6.07, 6.45) is 0.952. The van der Waals surface area contributed by atoms with Gasteiger partial charge in [0.1, 0.15) is 11.5 Å². The molecule has 2 rings (SSSR count). The molecule has 146 valence electrons. The van der Waals surface area contributed by atoms with Crippen molar-refractivity contribution in [3.8, 4) is 17.6 Å². The lowest BCUT2D eigenvalue weighted by atomic mass is 10.1. The Kier molecular flexibility index (Phi) is 8.34. The summed E-state index contributed by atoms with van der Waals surface area (Å²) in [5.74, 6) is 0.551. The summed E-state index contributed by atoms with van der Waals surface area (Å²) in [5, 5.41) is 11.3. The van der Waals surface area contributed by atoms with E-state index in [9.17, 15) is 9.59 Å². The molecule has 0 aliphatic carbocycles. The van der Waals surface area contributed by atoms with E-state index in [0.717, 1.165) is 11.3 Å². The van der Waals surface area contributed by atoms with Crippen LogP contribution in [0, 0.1) is 11.3 Å². The maximum Gasteiger partial charge on any atom is 0.306 e. The zero-order valence-corrected chi connectivity index (χ0v) is 15.6. The second-order valence-electron chi connectivity index (χ2n) is 5.87. The SMILES string of the molecule is COc1ccc(OCCCC(=O)OCC(=O)Nc2ccc(CC#N)cc2)cc1. The molecule has 2 aromatic carbocycles. The average Bonchev–Trinajstić information content (AvgIpc) is 2.72. The predicted octanol–water partition coefficient (Wildman–Crippen LogP) is 3.10. The molecule has 0 spiro atoms. The van der Waals surface area contributed by atoms with E-state index >= 15 is 0 Å². The molecule has 7 nitrogen and oxygen atoms in total. The molecule has 1 N–H and O–H groups in total. The van der Waals surface area contributed by atoms with Gasteiger partial charge in [0.15, 0.2) is 6.61 Å². The number of nitrogens with one attached hydrogen (secondary N) is 1. The average molecular weight is 382 g/mol. The number of nitriles is 1. The Morgan fingerprint density at radius 1 is 1.04 bits per heavy atom. The van der Waals surface area contributed by atoms with Gasteiger partial charge in [0.2, 0.25) is 0 Å². The van der Waals surface area contributed by atoms with Crippen molar-refractivity contribution < 1.29 is 23.8 Å². The molecule has 0 unspecified atom stereocenters. The lowest BCUT2D eigenvalue weighted by Gasteiger charge is -2.08. The Hall–Kier alpha value is -3.53. The molecule has 0 bridgehead atoms. The maximum absolute atomic E-state index is 11.8. The molecular formula is C21H22N2O5. The van der Waals surface area contributed by atoms with Gasteiger partial charge >= 0.3 is 5.97 Å². The number of ether oxygens (including phenoxy) is 3. The first-order valence-electron chi connectivity index (χ1n) is 8.79. The van der Waals surface area contributed by atoms with Crippen molar-refractivity contribution in [2.24, 2.45) is 0 Å². The van der Waals surface area contributed by atoms with E-state index in [1.54, 1.807) is 55.6 Å². The zero-order valence-electron chi connectivity index (χ0n) is 15.6. The van der Waals surface area contributed by atoms with Gasteiger partial charge in [-0.25, -0.2) is 0 Å². The molecule has 0 atom stereocenters. The third-order valence-electron chi connectivity index (χ3n) is 3.74. The highest BCUT2D eigenvalue weighted by molar-refractivity contribution is 5.92. The predicted molar refractivity (Wildman–Crippen MR) is 103 cm³/mol. The second-order valence-corrected chi connectivity index (χ2v) is 5.87. The van der Waals surface area contributed by atoms with Crippen LogP contribution in [0.3, 0.4) is 0 Å². The van der Waals surface area contributed by atoms with Crippen molar-refractivity contribution in [3.05, 3.63) is 54.1 Å². The minimum absolute atomic E-state index is 0.159. The largest absolute Gasteiger partial charge is 0.497 e. The summed E-state index contributed by atoms with van der Waals surface area (Å²) >= 11 is 0. The standard InChI is InChI=1S/C21H22N2O5/c1-26-18-8-10-19(11-9-18)27-14-2-3-21(25)28-15-20(24)23-17-6-4-16(5-7-17)12-13-22/h4-11H,2-3,12,14-15H2,1H3,(H,23,24). The van der Waals surface area contributed by atoms with E-state index in [0.29, 0.717) is 30.9 Å². The van der Waals surface area contributed by atoms with Crippen molar-refractivity contribution >= 4 is 17.6 Å². The van der Waals surface area contributed by atoms with Crippen LogP contribution in [0.4, 0.5) is 5.69 Å². The zero-order chi connectivity index (χ0) is 20.2. The molecule has 0 heterocycles. The lowest BCUT2D eigenvalue weighted by molar-refractivity contribution is -0.147. The highest BCUT2D eigenvalue weighted by Crippen LogP contribution is 2.17. The van der Waals surface area contributed by atoms with Gasteiger partial charge in [-0.15, -0.1) is 0 Å². The van der Waals surface area contributed by atoms with Crippen LogP contribution >= 0.6 is 0 Å². The molecule has 0 aliphatic heterocycles. The Balaban J connectivity index is 1.60. The van der Waals surface area contributed by atoms with Crippen molar-refractivity contribution in [2.45, 2.75) is 19.3 Å². The quantitative estimate of drug-likeness (QED) is 0.501. The highest BCUT2D eigenvalue weighted by atomic mass is 16.5. The summed E-state index contributed by atoms with van der Waals surface area (Å²) in [6, 6.07) is 16.1. The number of hydrogen-bond acceptors (Lipinski definition) is 6. The van der Waals surface area contributed by atoms with Gasteiger partial charge in [-0.3, -0.25) is 9.59 Å². The van der Waals surface area contributed by atoms with Crippen LogP contribution in [0.15, 0.2) is 48.5 Å². The number of nitrogens with zero attached hydrogens (tertiary/aromatic N) is 1. The smallest absolute Gasteiger partial charge is 0.306 e. The lowest BCUT2D eigenvalue weighted by Crippen LogP contribution is -2.21. The van der Waals surface area contributed by atoms with E-state index in [1.165, 1.54) is 0 Å². The molecule has 7 heteroatoms. The van der Waals surface area contributed by atoms with Gasteiger partial charge in [-0.1, -0.05) is 12.1 Å². The Labute approximate surface area is 163 Å². The Morgan fingerprint density at radius 2 is 1.71 bits per heavy atom. The molecule has 1 amide bonds. The van der Waals surface area contributed by atoms with Gasteiger partial charge in [0.25, 0.3) is 5.91 Å². The van der Waals surface area contributed by atoms with E-state index in [1.807, 2.05) is 0 Å². The number of anilines is 1. The number of methoxy groups -OCH3 is 1. The number of benzene rings is 2. The summed E-state index contributed by atoms with van der Waals surface area (Å²) in [5.41, 5.74) is 1.44. The van der Waals surface area contributed by atoms with Crippen LogP contribution in [-0.2, 0) is 20.7 Å². The fraction of sp³-hybridized carbons (Fsp3) is 0.286. The highest BCUT2D eigenvalue weighted by Gasteiger charge is 2.08. The van der Waals surface area contributed by atoms with Crippen molar-refractivity contribution in [1.29, 1.82) is 5.26 Å². The second kappa shape index (κ2) is 11.2. The first kappa shape index (κ1) is 20.8. The third-order valence-corrected chi connectivity index (χ3v) is 3.74. The van der Waals surface area contributed by atoms with Gasteiger partial charge in [-0.2, -0.15) is 5.26 Å². The Bertz CT molecular complexity index is 810. The molecular weight excluding hydrogens is 360 g/mol. The monoisotopic (exact) mass is 382 g/mol. The fourth-order valence-electron chi connectivity index (χ4n) is 2.29. The number of carbonyl (C=O) groups is 2. The number of esters is 1. The first-order valence-corrected chi connectivity index (χ1v) is 8.79. The van der Waals surface area contributed by atoms with Crippen molar-refractivity contribution in [3.63, 3.8) is 0 Å². The van der Waals surface area contributed by atoms with Gasteiger partial charge in [-0.05, 0) is 48.4 Å². The van der Waals surface area contributed by atoms with Crippen LogP contribution in [0.2, 0.25) is 0 Å². The van der Waals surface area contributed by atoms with Crippen molar-refractivity contribution in [1.82, 2.24) is 0 Å². The minimum Gasteiger partial charge on any atom is -0.497 e.